The van der Waals surface area contributed by atoms with Crippen LogP contribution in [0.1, 0.15) is 18.9 Å². The highest BCUT2D eigenvalue weighted by molar-refractivity contribution is 5.85. The molecule has 0 spiro atoms. The highest BCUT2D eigenvalue weighted by atomic mass is 35.5. The maximum atomic E-state index is 5.71. The summed E-state index contributed by atoms with van der Waals surface area (Å²) in [6.45, 7) is 5.23. The lowest BCUT2D eigenvalue weighted by Gasteiger charge is -2.19. The Hall–Kier alpha value is -0.580. The van der Waals surface area contributed by atoms with E-state index in [1.54, 1.807) is 0 Å². The summed E-state index contributed by atoms with van der Waals surface area (Å²) in [5.74, 6) is 0.677. The van der Waals surface area contributed by atoms with Crippen molar-refractivity contribution in [2.24, 2.45) is 18.7 Å². The molecule has 16 heavy (non-hydrogen) atoms. The molecule has 2 unspecified atom stereocenters. The molecule has 1 aliphatic rings. The highest BCUT2D eigenvalue weighted by Gasteiger charge is 2.27. The quantitative estimate of drug-likeness (QED) is 0.864. The first kappa shape index (κ1) is 13.5. The maximum absolute atomic E-state index is 5.71. The minimum atomic E-state index is 0. The fraction of sp³-hybridized carbons (Fsp3) is 0.727. The van der Waals surface area contributed by atoms with Gasteiger partial charge in [0, 0.05) is 37.9 Å². The molecule has 2 heterocycles. The maximum Gasteiger partial charge on any atom is 0.0534 e. The van der Waals surface area contributed by atoms with Crippen molar-refractivity contribution in [1.29, 1.82) is 0 Å². The van der Waals surface area contributed by atoms with Gasteiger partial charge < -0.3 is 5.73 Å². The van der Waals surface area contributed by atoms with Crippen LogP contribution in [0.3, 0.4) is 0 Å². The lowest BCUT2D eigenvalue weighted by Crippen LogP contribution is -2.27. The summed E-state index contributed by atoms with van der Waals surface area (Å²) in [5, 5.41) is 4.19. The molecule has 0 radical (unpaired) electrons. The van der Waals surface area contributed by atoms with Crippen LogP contribution in [-0.2, 0) is 13.6 Å². The molecule has 1 aromatic rings. The fourth-order valence-corrected chi connectivity index (χ4v) is 2.40. The van der Waals surface area contributed by atoms with Crippen molar-refractivity contribution in [2.45, 2.75) is 25.9 Å². The summed E-state index contributed by atoms with van der Waals surface area (Å²) in [7, 11) is 1.96. The molecule has 2 atom stereocenters. The number of nitrogens with two attached hydrogens (primary N) is 1. The highest BCUT2D eigenvalue weighted by Crippen LogP contribution is 2.23. The van der Waals surface area contributed by atoms with Crippen LogP contribution < -0.4 is 5.73 Å². The van der Waals surface area contributed by atoms with Crippen molar-refractivity contribution in [3.05, 3.63) is 18.0 Å². The van der Waals surface area contributed by atoms with Crippen LogP contribution in [0.25, 0.3) is 0 Å². The van der Waals surface area contributed by atoms with Gasteiger partial charge in [-0.1, -0.05) is 0 Å². The van der Waals surface area contributed by atoms with Crippen LogP contribution in [0, 0.1) is 5.92 Å². The van der Waals surface area contributed by atoms with E-state index in [1.807, 2.05) is 17.9 Å². The standard InChI is InChI=1S/C11H20N4.ClH/c1-9-3-10(4-12)7-15(9)8-11-5-13-14(2)6-11;/h5-6,9-10H,3-4,7-8,12H2,1-2H3;1H. The lowest BCUT2D eigenvalue weighted by atomic mass is 10.1. The van der Waals surface area contributed by atoms with E-state index in [0.29, 0.717) is 12.0 Å². The summed E-state index contributed by atoms with van der Waals surface area (Å²) in [6.07, 6.45) is 5.27. The first-order chi connectivity index (χ1) is 7.19. The zero-order valence-electron chi connectivity index (χ0n) is 9.97. The van der Waals surface area contributed by atoms with Gasteiger partial charge in [-0.15, -0.1) is 12.4 Å². The third kappa shape index (κ3) is 2.97. The van der Waals surface area contributed by atoms with E-state index in [2.05, 4.69) is 23.1 Å². The Morgan fingerprint density at radius 1 is 1.56 bits per heavy atom. The summed E-state index contributed by atoms with van der Waals surface area (Å²) < 4.78 is 1.86. The molecule has 0 bridgehead atoms. The fourth-order valence-electron chi connectivity index (χ4n) is 2.40. The molecule has 1 aromatic heterocycles. The lowest BCUT2D eigenvalue weighted by molar-refractivity contribution is 0.256. The Bertz CT molecular complexity index is 326. The Labute approximate surface area is 103 Å². The van der Waals surface area contributed by atoms with Crippen molar-refractivity contribution >= 4 is 12.4 Å². The molecule has 1 aliphatic heterocycles. The van der Waals surface area contributed by atoms with Gasteiger partial charge in [-0.25, -0.2) is 0 Å². The third-order valence-corrected chi connectivity index (χ3v) is 3.27. The molecule has 4 nitrogen and oxygen atoms in total. The Balaban J connectivity index is 0.00000128. The zero-order chi connectivity index (χ0) is 10.8. The van der Waals surface area contributed by atoms with E-state index in [0.717, 1.165) is 19.6 Å². The number of rotatable bonds is 3. The predicted molar refractivity (Wildman–Crippen MR) is 67.5 cm³/mol. The molecule has 0 aliphatic carbocycles. The first-order valence-electron chi connectivity index (χ1n) is 5.60. The Morgan fingerprint density at radius 3 is 2.81 bits per heavy atom. The number of halogens is 1. The van der Waals surface area contributed by atoms with Crippen LogP contribution >= 0.6 is 12.4 Å². The Morgan fingerprint density at radius 2 is 2.31 bits per heavy atom. The molecule has 2 N–H and O–H groups in total. The van der Waals surface area contributed by atoms with Gasteiger partial charge in [0.2, 0.25) is 0 Å². The number of nitrogens with zero attached hydrogens (tertiary/aromatic N) is 3. The van der Waals surface area contributed by atoms with Gasteiger partial charge in [-0.3, -0.25) is 9.58 Å². The summed E-state index contributed by atoms with van der Waals surface area (Å²) in [5.41, 5.74) is 7.01. The molecule has 92 valence electrons. The largest absolute Gasteiger partial charge is 0.330 e. The number of likely N-dealkylation sites (tertiary alicyclic amines) is 1. The van der Waals surface area contributed by atoms with Crippen molar-refractivity contribution < 1.29 is 0 Å². The van der Waals surface area contributed by atoms with Gasteiger partial charge in [-0.05, 0) is 25.8 Å². The summed E-state index contributed by atoms with van der Waals surface area (Å²) in [6, 6.07) is 0.652. The first-order valence-corrected chi connectivity index (χ1v) is 5.60. The second-order valence-corrected chi connectivity index (χ2v) is 4.64. The van der Waals surface area contributed by atoms with Crippen molar-refractivity contribution in [3.63, 3.8) is 0 Å². The van der Waals surface area contributed by atoms with E-state index >= 15 is 0 Å². The van der Waals surface area contributed by atoms with E-state index in [9.17, 15) is 0 Å². The minimum Gasteiger partial charge on any atom is -0.330 e. The summed E-state index contributed by atoms with van der Waals surface area (Å²) in [4.78, 5) is 2.49. The number of hydrogen-bond acceptors (Lipinski definition) is 3. The zero-order valence-corrected chi connectivity index (χ0v) is 10.8. The SMILES string of the molecule is CC1CC(CN)CN1Cc1cnn(C)c1.Cl. The molecule has 2 rings (SSSR count). The summed E-state index contributed by atoms with van der Waals surface area (Å²) >= 11 is 0. The number of aryl methyl sites for hydroxylation is 1. The third-order valence-electron chi connectivity index (χ3n) is 3.27. The molecule has 1 fully saturated rings. The van der Waals surface area contributed by atoms with Gasteiger partial charge in [0.25, 0.3) is 0 Å². The van der Waals surface area contributed by atoms with E-state index in [1.165, 1.54) is 12.0 Å². The van der Waals surface area contributed by atoms with Gasteiger partial charge in [-0.2, -0.15) is 5.10 Å². The molecule has 0 aromatic carbocycles. The second-order valence-electron chi connectivity index (χ2n) is 4.64. The molecular formula is C11H21ClN4. The minimum absolute atomic E-state index is 0. The average molecular weight is 245 g/mol. The van der Waals surface area contributed by atoms with Crippen LogP contribution in [0.5, 0.6) is 0 Å². The van der Waals surface area contributed by atoms with Crippen LogP contribution in [0.2, 0.25) is 0 Å². The van der Waals surface area contributed by atoms with Gasteiger partial charge in [0.05, 0.1) is 6.20 Å². The smallest absolute Gasteiger partial charge is 0.0534 e. The molecule has 0 amide bonds. The van der Waals surface area contributed by atoms with Crippen molar-refractivity contribution in [2.75, 3.05) is 13.1 Å². The van der Waals surface area contributed by atoms with E-state index in [4.69, 9.17) is 5.73 Å². The predicted octanol–water partition coefficient (Wildman–Crippen LogP) is 1.01. The molecule has 1 saturated heterocycles. The van der Waals surface area contributed by atoms with Gasteiger partial charge in [0.15, 0.2) is 0 Å². The average Bonchev–Trinajstić information content (AvgIpc) is 2.75. The Kier molecular flexibility index (Phi) is 4.77. The second kappa shape index (κ2) is 5.66. The van der Waals surface area contributed by atoms with Crippen LogP contribution in [0.4, 0.5) is 0 Å². The van der Waals surface area contributed by atoms with Gasteiger partial charge in [0.1, 0.15) is 0 Å². The monoisotopic (exact) mass is 244 g/mol. The molecular weight excluding hydrogens is 224 g/mol. The van der Waals surface area contributed by atoms with Crippen molar-refractivity contribution in [3.8, 4) is 0 Å². The van der Waals surface area contributed by atoms with Crippen LogP contribution in [0.15, 0.2) is 12.4 Å². The van der Waals surface area contributed by atoms with Crippen molar-refractivity contribution in [1.82, 2.24) is 14.7 Å². The van der Waals surface area contributed by atoms with Gasteiger partial charge >= 0.3 is 0 Å². The van der Waals surface area contributed by atoms with E-state index < -0.39 is 0 Å². The number of hydrogen-bond donors (Lipinski definition) is 1. The normalized spacial score (nSPS) is 25.7. The van der Waals surface area contributed by atoms with E-state index in [-0.39, 0.29) is 12.4 Å². The topological polar surface area (TPSA) is 47.1 Å². The van der Waals surface area contributed by atoms with Crippen LogP contribution in [-0.4, -0.2) is 33.8 Å². The molecule has 0 saturated carbocycles. The molecule has 5 heteroatoms. The number of aromatic nitrogens is 2.